The van der Waals surface area contributed by atoms with Crippen molar-refractivity contribution < 1.29 is 0 Å². The normalized spacial score (nSPS) is 11.3. The van der Waals surface area contributed by atoms with Crippen molar-refractivity contribution in [1.29, 1.82) is 0 Å². The van der Waals surface area contributed by atoms with E-state index in [1.165, 1.54) is 5.69 Å². The predicted molar refractivity (Wildman–Crippen MR) is 68.8 cm³/mol. The average molecular weight is 248 g/mol. The topological polar surface area (TPSA) is 60.6 Å². The fourth-order valence-electron chi connectivity index (χ4n) is 1.75. The molecule has 0 saturated heterocycles. The molecule has 0 unspecified atom stereocenters. The highest BCUT2D eigenvalue weighted by molar-refractivity contribution is 4.97. The maximum atomic E-state index is 4.20. The second-order valence-corrected chi connectivity index (χ2v) is 4.77. The van der Waals surface area contributed by atoms with Crippen molar-refractivity contribution in [1.82, 2.24) is 29.9 Å². The van der Waals surface area contributed by atoms with E-state index in [0.717, 1.165) is 26.2 Å². The molecule has 0 saturated carbocycles. The van der Waals surface area contributed by atoms with Gasteiger partial charge in [-0.3, -0.25) is 4.68 Å². The van der Waals surface area contributed by atoms with Gasteiger partial charge in [0.25, 0.3) is 0 Å². The first-order valence-electron chi connectivity index (χ1n) is 6.29. The second-order valence-electron chi connectivity index (χ2n) is 4.77. The summed E-state index contributed by atoms with van der Waals surface area (Å²) in [5.74, 6) is 0.663. The van der Waals surface area contributed by atoms with Crippen LogP contribution in [0.25, 0.3) is 0 Å². The second kappa shape index (κ2) is 6.30. The Kier molecular flexibility index (Phi) is 4.46. The summed E-state index contributed by atoms with van der Waals surface area (Å²) >= 11 is 0. The first-order chi connectivity index (χ1) is 8.75. The van der Waals surface area contributed by atoms with Crippen molar-refractivity contribution in [2.24, 2.45) is 5.92 Å². The highest BCUT2D eigenvalue weighted by Crippen LogP contribution is 2.00. The van der Waals surface area contributed by atoms with Gasteiger partial charge >= 0.3 is 0 Å². The smallest absolute Gasteiger partial charge is 0.0949 e. The molecule has 2 rings (SSSR count). The molecule has 18 heavy (non-hydrogen) atoms. The number of nitrogens with zero attached hydrogens (tertiary/aromatic N) is 5. The van der Waals surface area contributed by atoms with Gasteiger partial charge in [-0.15, -0.1) is 5.10 Å². The van der Waals surface area contributed by atoms with Crippen molar-refractivity contribution in [2.45, 2.75) is 33.5 Å². The van der Waals surface area contributed by atoms with Crippen LogP contribution < -0.4 is 5.32 Å². The van der Waals surface area contributed by atoms with E-state index in [0.29, 0.717) is 5.92 Å². The molecule has 0 bridgehead atoms. The first kappa shape index (κ1) is 12.8. The van der Waals surface area contributed by atoms with Gasteiger partial charge in [-0.25, -0.2) is 4.98 Å². The van der Waals surface area contributed by atoms with Crippen LogP contribution in [0.2, 0.25) is 0 Å². The summed E-state index contributed by atoms with van der Waals surface area (Å²) in [7, 11) is 0. The highest BCUT2D eigenvalue weighted by atomic mass is 15.4. The summed E-state index contributed by atoms with van der Waals surface area (Å²) in [4.78, 5) is 4.20. The Hall–Kier alpha value is -1.69. The molecule has 0 amide bonds. The maximum Gasteiger partial charge on any atom is 0.0949 e. The summed E-state index contributed by atoms with van der Waals surface area (Å²) in [5, 5.41) is 11.2. The van der Waals surface area contributed by atoms with E-state index >= 15 is 0 Å². The molecule has 0 aliphatic rings. The van der Waals surface area contributed by atoms with E-state index in [1.54, 1.807) is 6.20 Å². The molecule has 0 radical (unpaired) electrons. The Balaban J connectivity index is 1.83. The van der Waals surface area contributed by atoms with Gasteiger partial charge in [0.2, 0.25) is 0 Å². The molecule has 0 aliphatic heterocycles. The average Bonchev–Trinajstić information content (AvgIpc) is 2.96. The zero-order chi connectivity index (χ0) is 12.8. The Labute approximate surface area is 107 Å². The highest BCUT2D eigenvalue weighted by Gasteiger charge is 2.02. The Morgan fingerprint density at radius 1 is 1.33 bits per heavy atom. The standard InChI is InChI=1S/C12H20N6/c1-11(2)7-13-8-12-9-14-10-17(12)5-6-18-4-3-15-16-18/h3-4,9-11,13H,5-8H2,1-2H3. The molecule has 0 aromatic carbocycles. The molecule has 1 N–H and O–H groups in total. The van der Waals surface area contributed by atoms with Gasteiger partial charge in [-0.1, -0.05) is 19.1 Å². The van der Waals surface area contributed by atoms with Crippen LogP contribution in [0, 0.1) is 5.92 Å². The lowest BCUT2D eigenvalue weighted by Gasteiger charge is -2.10. The van der Waals surface area contributed by atoms with Gasteiger partial charge in [0.15, 0.2) is 0 Å². The van der Waals surface area contributed by atoms with Crippen LogP contribution in [-0.4, -0.2) is 31.1 Å². The summed E-state index contributed by atoms with van der Waals surface area (Å²) in [5.41, 5.74) is 1.20. The fraction of sp³-hybridized carbons (Fsp3) is 0.583. The number of aromatic nitrogens is 5. The third kappa shape index (κ3) is 3.66. The van der Waals surface area contributed by atoms with Crippen LogP contribution in [0.15, 0.2) is 24.9 Å². The third-order valence-corrected chi connectivity index (χ3v) is 2.70. The van der Waals surface area contributed by atoms with Crippen LogP contribution >= 0.6 is 0 Å². The van der Waals surface area contributed by atoms with E-state index < -0.39 is 0 Å². The van der Waals surface area contributed by atoms with Crippen LogP contribution in [0.3, 0.4) is 0 Å². The Bertz CT molecular complexity index is 445. The first-order valence-corrected chi connectivity index (χ1v) is 6.29. The van der Waals surface area contributed by atoms with E-state index in [-0.39, 0.29) is 0 Å². The molecule has 2 aromatic heterocycles. The van der Waals surface area contributed by atoms with Gasteiger partial charge in [0.1, 0.15) is 0 Å². The summed E-state index contributed by atoms with van der Waals surface area (Å²) in [6.07, 6.45) is 7.34. The SMILES string of the molecule is CC(C)CNCc1cncn1CCn1ccnn1. The summed E-state index contributed by atoms with van der Waals surface area (Å²) in [6, 6.07) is 0. The molecule has 0 spiro atoms. The van der Waals surface area contributed by atoms with Crippen molar-refractivity contribution in [3.05, 3.63) is 30.6 Å². The minimum absolute atomic E-state index is 0.663. The maximum absolute atomic E-state index is 4.20. The number of hydrogen-bond donors (Lipinski definition) is 1. The van der Waals surface area contributed by atoms with Crippen LogP contribution in [0.4, 0.5) is 0 Å². The van der Waals surface area contributed by atoms with E-state index in [1.807, 2.05) is 23.4 Å². The van der Waals surface area contributed by atoms with Gasteiger partial charge in [0, 0.05) is 25.5 Å². The van der Waals surface area contributed by atoms with Crippen LogP contribution in [0.5, 0.6) is 0 Å². The monoisotopic (exact) mass is 248 g/mol. The van der Waals surface area contributed by atoms with Crippen molar-refractivity contribution in [3.63, 3.8) is 0 Å². The lowest BCUT2D eigenvalue weighted by molar-refractivity contribution is 0.493. The number of rotatable bonds is 7. The Morgan fingerprint density at radius 3 is 2.94 bits per heavy atom. The largest absolute Gasteiger partial charge is 0.332 e. The zero-order valence-corrected chi connectivity index (χ0v) is 11.0. The molecule has 0 atom stereocenters. The molecule has 2 aromatic rings. The predicted octanol–water partition coefficient (Wildman–Crippen LogP) is 0.920. The van der Waals surface area contributed by atoms with Gasteiger partial charge < -0.3 is 9.88 Å². The lowest BCUT2D eigenvalue weighted by Crippen LogP contribution is -2.21. The van der Waals surface area contributed by atoms with Gasteiger partial charge in [-0.05, 0) is 12.5 Å². The van der Waals surface area contributed by atoms with Gasteiger partial charge in [0.05, 0.1) is 24.8 Å². The lowest BCUT2D eigenvalue weighted by atomic mass is 10.2. The molecular formula is C12H20N6. The summed E-state index contributed by atoms with van der Waals surface area (Å²) < 4.78 is 3.97. The van der Waals surface area contributed by atoms with Crippen molar-refractivity contribution in [3.8, 4) is 0 Å². The Morgan fingerprint density at radius 2 is 2.22 bits per heavy atom. The molecule has 0 fully saturated rings. The van der Waals surface area contributed by atoms with Crippen molar-refractivity contribution in [2.75, 3.05) is 6.54 Å². The summed E-state index contributed by atoms with van der Waals surface area (Å²) in [6.45, 7) is 7.96. The van der Waals surface area contributed by atoms with Crippen LogP contribution in [-0.2, 0) is 19.6 Å². The zero-order valence-electron chi connectivity index (χ0n) is 11.0. The number of nitrogens with one attached hydrogen (secondary N) is 1. The van der Waals surface area contributed by atoms with Crippen molar-refractivity contribution >= 4 is 0 Å². The molecule has 0 aliphatic carbocycles. The minimum Gasteiger partial charge on any atom is -0.332 e. The molecular weight excluding hydrogens is 228 g/mol. The molecule has 6 nitrogen and oxygen atoms in total. The quantitative estimate of drug-likeness (QED) is 0.791. The molecule has 98 valence electrons. The van der Waals surface area contributed by atoms with Gasteiger partial charge in [-0.2, -0.15) is 0 Å². The number of hydrogen-bond acceptors (Lipinski definition) is 4. The van der Waals surface area contributed by atoms with Crippen LogP contribution in [0.1, 0.15) is 19.5 Å². The van der Waals surface area contributed by atoms with E-state index in [2.05, 4.69) is 39.0 Å². The third-order valence-electron chi connectivity index (χ3n) is 2.70. The van der Waals surface area contributed by atoms with E-state index in [4.69, 9.17) is 0 Å². The molecule has 6 heteroatoms. The number of imidazole rings is 1. The minimum atomic E-state index is 0.663. The van der Waals surface area contributed by atoms with E-state index in [9.17, 15) is 0 Å². The molecule has 2 heterocycles. The number of aryl methyl sites for hydroxylation is 2. The fourth-order valence-corrected chi connectivity index (χ4v) is 1.75.